The van der Waals surface area contributed by atoms with Crippen LogP contribution in [0, 0.1) is 5.92 Å². The average Bonchev–Trinajstić information content (AvgIpc) is 3.08. The van der Waals surface area contributed by atoms with Crippen molar-refractivity contribution in [2.24, 2.45) is 13.0 Å². The van der Waals surface area contributed by atoms with Crippen LogP contribution in [0.3, 0.4) is 0 Å². The first kappa shape index (κ1) is 16.8. The van der Waals surface area contributed by atoms with Gasteiger partial charge in [0.1, 0.15) is 18.5 Å². The van der Waals surface area contributed by atoms with Crippen LogP contribution in [0.2, 0.25) is 0 Å². The first-order valence-corrected chi connectivity index (χ1v) is 8.80. The standard InChI is InChI=1S/C19H22N4O3/c1-21-10-9-20-18(21)17-15(7-8-16(24)22(17)2)19(25)23-11-13-5-3-4-6-14(13)12-26-23/h3-6,9-10,15,17H,7-8,11-12H2,1-2H3/t15-,17-/m0/s1. The monoisotopic (exact) mass is 354 g/mol. The van der Waals surface area contributed by atoms with Crippen LogP contribution in [0.5, 0.6) is 0 Å². The summed E-state index contributed by atoms with van der Waals surface area (Å²) in [6.07, 6.45) is 4.38. The van der Waals surface area contributed by atoms with E-state index in [0.29, 0.717) is 26.0 Å². The molecule has 2 aliphatic rings. The van der Waals surface area contributed by atoms with Crippen LogP contribution in [0.25, 0.3) is 0 Å². The predicted molar refractivity (Wildman–Crippen MR) is 93.2 cm³/mol. The van der Waals surface area contributed by atoms with E-state index in [1.54, 1.807) is 18.1 Å². The fourth-order valence-electron chi connectivity index (χ4n) is 3.84. The number of piperidine rings is 1. The lowest BCUT2D eigenvalue weighted by atomic mass is 9.87. The highest BCUT2D eigenvalue weighted by atomic mass is 16.7. The molecule has 7 nitrogen and oxygen atoms in total. The van der Waals surface area contributed by atoms with E-state index in [9.17, 15) is 9.59 Å². The van der Waals surface area contributed by atoms with Gasteiger partial charge in [0.2, 0.25) is 5.91 Å². The maximum Gasteiger partial charge on any atom is 0.252 e. The van der Waals surface area contributed by atoms with Crippen LogP contribution in [-0.4, -0.2) is 38.4 Å². The highest BCUT2D eigenvalue weighted by Crippen LogP contribution is 2.37. The Labute approximate surface area is 152 Å². The Morgan fingerprint density at radius 1 is 1.23 bits per heavy atom. The molecule has 0 radical (unpaired) electrons. The number of hydrogen-bond donors (Lipinski definition) is 0. The van der Waals surface area contributed by atoms with Crippen molar-refractivity contribution in [2.45, 2.75) is 32.0 Å². The molecular weight excluding hydrogens is 332 g/mol. The summed E-state index contributed by atoms with van der Waals surface area (Å²) in [7, 11) is 3.62. The van der Waals surface area contributed by atoms with Gasteiger partial charge in [0.05, 0.1) is 12.5 Å². The molecule has 2 atom stereocenters. The lowest BCUT2D eigenvalue weighted by Gasteiger charge is -2.40. The first-order chi connectivity index (χ1) is 12.6. The molecule has 0 spiro atoms. The van der Waals surface area contributed by atoms with Gasteiger partial charge in [-0.1, -0.05) is 24.3 Å². The number of nitrogens with zero attached hydrogens (tertiary/aromatic N) is 4. The molecule has 3 heterocycles. The SMILES string of the molecule is CN1C(=O)CC[C@H](C(=O)N2Cc3ccccc3CO2)[C@H]1c1nccn1C. The second kappa shape index (κ2) is 6.57. The number of hydroxylamine groups is 2. The molecule has 0 N–H and O–H groups in total. The van der Waals surface area contributed by atoms with Crippen LogP contribution < -0.4 is 0 Å². The van der Waals surface area contributed by atoms with Crippen molar-refractivity contribution in [2.75, 3.05) is 7.05 Å². The van der Waals surface area contributed by atoms with Gasteiger partial charge in [0.25, 0.3) is 5.91 Å². The highest BCUT2D eigenvalue weighted by molar-refractivity contribution is 5.84. The number of benzene rings is 1. The zero-order chi connectivity index (χ0) is 18.3. The number of likely N-dealkylation sites (tertiary alicyclic amines) is 1. The second-order valence-corrected chi connectivity index (χ2v) is 6.91. The van der Waals surface area contributed by atoms with Gasteiger partial charge in [-0.25, -0.2) is 10.0 Å². The van der Waals surface area contributed by atoms with Crippen LogP contribution in [-0.2, 0) is 34.6 Å². The lowest BCUT2D eigenvalue weighted by molar-refractivity contribution is -0.208. The molecule has 0 aliphatic carbocycles. The summed E-state index contributed by atoms with van der Waals surface area (Å²) in [6.45, 7) is 0.812. The third kappa shape index (κ3) is 2.78. The highest BCUT2D eigenvalue weighted by Gasteiger charge is 2.43. The molecular formula is C19H22N4O3. The largest absolute Gasteiger partial charge is 0.336 e. The van der Waals surface area contributed by atoms with Crippen LogP contribution in [0.1, 0.15) is 35.8 Å². The molecule has 1 aromatic carbocycles. The van der Waals surface area contributed by atoms with Gasteiger partial charge in [-0.2, -0.15) is 0 Å². The lowest BCUT2D eigenvalue weighted by Crippen LogP contribution is -2.48. The Bertz CT molecular complexity index is 847. The van der Waals surface area contributed by atoms with E-state index in [2.05, 4.69) is 4.98 Å². The Balaban J connectivity index is 1.62. The van der Waals surface area contributed by atoms with E-state index >= 15 is 0 Å². The van der Waals surface area contributed by atoms with Crippen molar-refractivity contribution in [3.8, 4) is 0 Å². The Hall–Kier alpha value is -2.67. The quantitative estimate of drug-likeness (QED) is 0.825. The van der Waals surface area contributed by atoms with Gasteiger partial charge < -0.3 is 9.47 Å². The number of carbonyl (C=O) groups is 2. The van der Waals surface area contributed by atoms with Gasteiger partial charge >= 0.3 is 0 Å². The van der Waals surface area contributed by atoms with Crippen molar-refractivity contribution in [3.63, 3.8) is 0 Å². The molecule has 4 rings (SSSR count). The van der Waals surface area contributed by atoms with Crippen molar-refractivity contribution in [3.05, 3.63) is 53.6 Å². The molecule has 1 aromatic heterocycles. The van der Waals surface area contributed by atoms with Crippen LogP contribution >= 0.6 is 0 Å². The van der Waals surface area contributed by atoms with E-state index in [0.717, 1.165) is 17.0 Å². The number of carbonyl (C=O) groups excluding carboxylic acids is 2. The van der Waals surface area contributed by atoms with Crippen molar-refractivity contribution >= 4 is 11.8 Å². The van der Waals surface area contributed by atoms with Gasteiger partial charge in [0, 0.05) is 32.9 Å². The number of aryl methyl sites for hydroxylation is 1. The molecule has 0 unspecified atom stereocenters. The Morgan fingerprint density at radius 3 is 2.73 bits per heavy atom. The molecule has 0 saturated carbocycles. The maximum atomic E-state index is 13.3. The van der Waals surface area contributed by atoms with E-state index in [1.807, 2.05) is 42.1 Å². The molecule has 0 bridgehead atoms. The smallest absolute Gasteiger partial charge is 0.252 e. The van der Waals surface area contributed by atoms with Gasteiger partial charge in [0.15, 0.2) is 0 Å². The van der Waals surface area contributed by atoms with Crippen LogP contribution in [0.15, 0.2) is 36.7 Å². The number of hydrogen-bond acceptors (Lipinski definition) is 4. The fraction of sp³-hybridized carbons (Fsp3) is 0.421. The van der Waals surface area contributed by atoms with E-state index < -0.39 is 0 Å². The van der Waals surface area contributed by atoms with Crippen molar-refractivity contribution in [1.29, 1.82) is 0 Å². The zero-order valence-electron chi connectivity index (χ0n) is 15.0. The van der Waals surface area contributed by atoms with E-state index in [4.69, 9.17) is 4.84 Å². The molecule has 26 heavy (non-hydrogen) atoms. The summed E-state index contributed by atoms with van der Waals surface area (Å²) < 4.78 is 1.87. The summed E-state index contributed by atoms with van der Waals surface area (Å²) >= 11 is 0. The number of amides is 2. The van der Waals surface area contributed by atoms with Gasteiger partial charge in [-0.3, -0.25) is 14.4 Å². The molecule has 2 aliphatic heterocycles. The van der Waals surface area contributed by atoms with E-state index in [-0.39, 0.29) is 23.8 Å². The first-order valence-electron chi connectivity index (χ1n) is 8.80. The average molecular weight is 354 g/mol. The number of imidazole rings is 1. The minimum atomic E-state index is -0.385. The zero-order valence-corrected chi connectivity index (χ0v) is 15.0. The minimum absolute atomic E-state index is 0.0342. The third-order valence-electron chi connectivity index (χ3n) is 5.36. The summed E-state index contributed by atoms with van der Waals surface area (Å²) in [5.41, 5.74) is 2.20. The summed E-state index contributed by atoms with van der Waals surface area (Å²) in [6, 6.07) is 7.59. The van der Waals surface area contributed by atoms with Crippen molar-refractivity contribution in [1.82, 2.24) is 19.5 Å². The maximum absolute atomic E-state index is 13.3. The van der Waals surface area contributed by atoms with Crippen molar-refractivity contribution < 1.29 is 14.4 Å². The van der Waals surface area contributed by atoms with Crippen LogP contribution in [0.4, 0.5) is 0 Å². The molecule has 1 saturated heterocycles. The fourth-order valence-corrected chi connectivity index (χ4v) is 3.84. The van der Waals surface area contributed by atoms with E-state index in [1.165, 1.54) is 5.06 Å². The number of fused-ring (bicyclic) bond motifs is 1. The Kier molecular flexibility index (Phi) is 4.24. The molecule has 136 valence electrons. The normalized spacial score (nSPS) is 23.1. The second-order valence-electron chi connectivity index (χ2n) is 6.91. The summed E-state index contributed by atoms with van der Waals surface area (Å²) in [5, 5.41) is 1.45. The minimum Gasteiger partial charge on any atom is -0.336 e. The molecule has 7 heteroatoms. The Morgan fingerprint density at radius 2 is 2.00 bits per heavy atom. The molecule has 1 fully saturated rings. The summed E-state index contributed by atoms with van der Waals surface area (Å²) in [5.74, 6) is 0.291. The number of aromatic nitrogens is 2. The third-order valence-corrected chi connectivity index (χ3v) is 5.36. The number of rotatable bonds is 2. The summed E-state index contributed by atoms with van der Waals surface area (Å²) in [4.78, 5) is 37.3. The van der Waals surface area contributed by atoms with Gasteiger partial charge in [-0.05, 0) is 17.5 Å². The van der Waals surface area contributed by atoms with Gasteiger partial charge in [-0.15, -0.1) is 0 Å². The topological polar surface area (TPSA) is 67.7 Å². The predicted octanol–water partition coefficient (Wildman–Crippen LogP) is 1.80. The molecule has 2 amide bonds. The molecule has 2 aromatic rings.